The summed E-state index contributed by atoms with van der Waals surface area (Å²) in [6.45, 7) is 4.11. The van der Waals surface area contributed by atoms with Gasteiger partial charge in [0.15, 0.2) is 5.13 Å². The monoisotopic (exact) mass is 470 g/mol. The van der Waals surface area contributed by atoms with E-state index in [9.17, 15) is 9.59 Å². The Kier molecular flexibility index (Phi) is 7.04. The highest BCUT2D eigenvalue weighted by atomic mass is 32.1. The Balaban J connectivity index is 1.51. The SMILES string of the molecule is Cc1cccc(C)c1C(=O)N(CC(=O)Nc1ccc(-c2csc(N)n2)cc1)Cc1ccccc1. The predicted molar refractivity (Wildman–Crippen MR) is 138 cm³/mol. The standard InChI is InChI=1S/C27H26N4O2S/c1-18-7-6-8-19(2)25(18)26(33)31(15-20-9-4-3-5-10-20)16-24(32)29-22-13-11-21(12-14-22)23-17-34-27(28)30-23/h3-14,17H,15-16H2,1-2H3,(H2,28,30)(H,29,32). The van der Waals surface area contributed by atoms with Crippen molar-refractivity contribution in [3.05, 3.63) is 100 Å². The fourth-order valence-electron chi connectivity index (χ4n) is 3.83. The summed E-state index contributed by atoms with van der Waals surface area (Å²) in [5.74, 6) is -0.424. The molecular formula is C27H26N4O2S. The van der Waals surface area contributed by atoms with E-state index in [0.717, 1.165) is 27.9 Å². The number of nitrogens with two attached hydrogens (primary N) is 1. The second kappa shape index (κ2) is 10.3. The van der Waals surface area contributed by atoms with E-state index in [1.54, 1.807) is 4.90 Å². The average Bonchev–Trinajstić information content (AvgIpc) is 3.26. The Morgan fingerprint density at radius 2 is 1.62 bits per heavy atom. The quantitative estimate of drug-likeness (QED) is 0.384. The first kappa shape index (κ1) is 23.2. The molecule has 0 fully saturated rings. The van der Waals surface area contributed by atoms with Crippen molar-refractivity contribution < 1.29 is 9.59 Å². The maximum atomic E-state index is 13.5. The summed E-state index contributed by atoms with van der Waals surface area (Å²) in [7, 11) is 0. The molecule has 0 bridgehead atoms. The number of aryl methyl sites for hydroxylation is 2. The zero-order valence-corrected chi connectivity index (χ0v) is 19.9. The lowest BCUT2D eigenvalue weighted by atomic mass is 10.0. The number of anilines is 2. The van der Waals surface area contributed by atoms with Crippen molar-refractivity contribution in [2.24, 2.45) is 0 Å². The number of hydrogen-bond donors (Lipinski definition) is 2. The van der Waals surface area contributed by atoms with Crippen LogP contribution in [0.5, 0.6) is 0 Å². The van der Waals surface area contributed by atoms with E-state index in [1.165, 1.54) is 11.3 Å². The van der Waals surface area contributed by atoms with E-state index in [0.29, 0.717) is 22.9 Å². The molecule has 0 saturated heterocycles. The molecule has 0 aliphatic carbocycles. The van der Waals surface area contributed by atoms with Crippen LogP contribution in [0.3, 0.4) is 0 Å². The summed E-state index contributed by atoms with van der Waals surface area (Å²) in [5.41, 5.74) is 11.5. The number of rotatable bonds is 7. The van der Waals surface area contributed by atoms with Gasteiger partial charge < -0.3 is 16.0 Å². The molecule has 7 heteroatoms. The van der Waals surface area contributed by atoms with Crippen molar-refractivity contribution in [1.29, 1.82) is 0 Å². The second-order valence-electron chi connectivity index (χ2n) is 8.11. The van der Waals surface area contributed by atoms with Gasteiger partial charge in [-0.1, -0.05) is 60.7 Å². The molecule has 0 spiro atoms. The number of nitrogen functional groups attached to an aromatic ring is 1. The van der Waals surface area contributed by atoms with Gasteiger partial charge in [0, 0.05) is 28.7 Å². The number of nitrogens with zero attached hydrogens (tertiary/aromatic N) is 2. The van der Waals surface area contributed by atoms with Crippen LogP contribution in [0, 0.1) is 13.8 Å². The lowest BCUT2D eigenvalue weighted by Gasteiger charge is -2.24. The topological polar surface area (TPSA) is 88.3 Å². The summed E-state index contributed by atoms with van der Waals surface area (Å²) in [6, 6.07) is 22.8. The smallest absolute Gasteiger partial charge is 0.255 e. The molecule has 3 N–H and O–H groups in total. The molecule has 1 aromatic heterocycles. The molecule has 0 unspecified atom stereocenters. The van der Waals surface area contributed by atoms with Crippen LogP contribution < -0.4 is 11.1 Å². The molecule has 172 valence electrons. The maximum absolute atomic E-state index is 13.5. The van der Waals surface area contributed by atoms with E-state index in [-0.39, 0.29) is 18.4 Å². The third-order valence-electron chi connectivity index (χ3n) is 5.52. The molecule has 0 radical (unpaired) electrons. The number of aromatic nitrogens is 1. The number of amides is 2. The van der Waals surface area contributed by atoms with Crippen LogP contribution in [-0.4, -0.2) is 28.2 Å². The highest BCUT2D eigenvalue weighted by Gasteiger charge is 2.22. The van der Waals surface area contributed by atoms with Crippen molar-refractivity contribution in [1.82, 2.24) is 9.88 Å². The van der Waals surface area contributed by atoms with Crippen molar-refractivity contribution in [2.75, 3.05) is 17.6 Å². The Bertz CT molecular complexity index is 1280. The van der Waals surface area contributed by atoms with Gasteiger partial charge in [0.1, 0.15) is 6.54 Å². The molecule has 2 amide bonds. The summed E-state index contributed by atoms with van der Waals surface area (Å²) in [5, 5.41) is 5.31. The van der Waals surface area contributed by atoms with Gasteiger partial charge in [-0.3, -0.25) is 9.59 Å². The molecule has 6 nitrogen and oxygen atoms in total. The summed E-state index contributed by atoms with van der Waals surface area (Å²) in [6.07, 6.45) is 0. The third-order valence-corrected chi connectivity index (χ3v) is 6.19. The number of carbonyl (C=O) groups excluding carboxylic acids is 2. The van der Waals surface area contributed by atoms with Crippen LogP contribution >= 0.6 is 11.3 Å². The normalized spacial score (nSPS) is 10.6. The second-order valence-corrected chi connectivity index (χ2v) is 9.00. The third kappa shape index (κ3) is 5.50. The molecular weight excluding hydrogens is 444 g/mol. The number of hydrogen-bond acceptors (Lipinski definition) is 5. The number of benzene rings is 3. The van der Waals surface area contributed by atoms with Gasteiger partial charge in [0.2, 0.25) is 5.91 Å². The molecule has 0 aliphatic heterocycles. The van der Waals surface area contributed by atoms with E-state index < -0.39 is 0 Å². The van der Waals surface area contributed by atoms with Crippen LogP contribution in [0.25, 0.3) is 11.3 Å². The zero-order valence-electron chi connectivity index (χ0n) is 19.1. The Hall–Kier alpha value is -3.97. The Labute approximate surface area is 203 Å². The zero-order chi connectivity index (χ0) is 24.1. The van der Waals surface area contributed by atoms with Crippen molar-refractivity contribution in [3.8, 4) is 11.3 Å². The van der Waals surface area contributed by atoms with Crippen LogP contribution in [0.1, 0.15) is 27.0 Å². The number of nitrogens with one attached hydrogen (secondary N) is 1. The Morgan fingerprint density at radius 3 is 2.24 bits per heavy atom. The molecule has 4 aromatic rings. The fourth-order valence-corrected chi connectivity index (χ4v) is 4.40. The molecule has 0 aliphatic rings. The van der Waals surface area contributed by atoms with E-state index in [2.05, 4.69) is 10.3 Å². The minimum absolute atomic E-state index is 0.0636. The fraction of sp³-hybridized carbons (Fsp3) is 0.148. The van der Waals surface area contributed by atoms with E-state index in [1.807, 2.05) is 92.0 Å². The summed E-state index contributed by atoms with van der Waals surface area (Å²) >= 11 is 1.38. The molecule has 3 aromatic carbocycles. The first-order chi connectivity index (χ1) is 16.4. The van der Waals surface area contributed by atoms with Crippen LogP contribution in [0.4, 0.5) is 10.8 Å². The van der Waals surface area contributed by atoms with Crippen molar-refractivity contribution in [2.45, 2.75) is 20.4 Å². The number of thiazole rings is 1. The molecule has 34 heavy (non-hydrogen) atoms. The predicted octanol–water partition coefficient (Wildman–Crippen LogP) is 5.29. The highest BCUT2D eigenvalue weighted by molar-refractivity contribution is 7.13. The lowest BCUT2D eigenvalue weighted by molar-refractivity contribution is -0.117. The lowest BCUT2D eigenvalue weighted by Crippen LogP contribution is -2.38. The molecule has 0 atom stereocenters. The van der Waals surface area contributed by atoms with Gasteiger partial charge in [0.05, 0.1) is 5.69 Å². The van der Waals surface area contributed by atoms with Gasteiger partial charge in [-0.2, -0.15) is 0 Å². The van der Waals surface area contributed by atoms with Crippen LogP contribution in [-0.2, 0) is 11.3 Å². The van der Waals surface area contributed by atoms with Gasteiger partial charge in [0.25, 0.3) is 5.91 Å². The minimum atomic E-state index is -0.263. The number of carbonyl (C=O) groups is 2. The Morgan fingerprint density at radius 1 is 0.941 bits per heavy atom. The van der Waals surface area contributed by atoms with Gasteiger partial charge in [-0.15, -0.1) is 11.3 Å². The van der Waals surface area contributed by atoms with Gasteiger partial charge >= 0.3 is 0 Å². The molecule has 0 saturated carbocycles. The average molecular weight is 471 g/mol. The maximum Gasteiger partial charge on any atom is 0.255 e. The highest BCUT2D eigenvalue weighted by Crippen LogP contribution is 2.24. The van der Waals surface area contributed by atoms with Gasteiger partial charge in [-0.25, -0.2) is 4.98 Å². The summed E-state index contributed by atoms with van der Waals surface area (Å²) in [4.78, 5) is 32.3. The first-order valence-corrected chi connectivity index (χ1v) is 11.8. The largest absolute Gasteiger partial charge is 0.375 e. The van der Waals surface area contributed by atoms with Crippen LogP contribution in [0.15, 0.2) is 78.2 Å². The van der Waals surface area contributed by atoms with Gasteiger partial charge in [-0.05, 0) is 42.7 Å². The van der Waals surface area contributed by atoms with E-state index in [4.69, 9.17) is 5.73 Å². The molecule has 1 heterocycles. The van der Waals surface area contributed by atoms with Crippen molar-refractivity contribution >= 4 is 34.0 Å². The van der Waals surface area contributed by atoms with Crippen LogP contribution in [0.2, 0.25) is 0 Å². The minimum Gasteiger partial charge on any atom is -0.375 e. The van der Waals surface area contributed by atoms with Crippen molar-refractivity contribution in [3.63, 3.8) is 0 Å². The molecule has 4 rings (SSSR count). The van der Waals surface area contributed by atoms with E-state index >= 15 is 0 Å². The first-order valence-electron chi connectivity index (χ1n) is 10.9. The summed E-state index contributed by atoms with van der Waals surface area (Å²) < 4.78 is 0.